The minimum Gasteiger partial charge on any atom is -0.497 e. The van der Waals surface area contributed by atoms with Crippen LogP contribution in [0.2, 0.25) is 0 Å². The lowest BCUT2D eigenvalue weighted by atomic mass is 9.33. The molecule has 0 amide bonds. The minimum absolute atomic E-state index is 0.0423. The molecule has 0 radical (unpaired) electrons. The summed E-state index contributed by atoms with van der Waals surface area (Å²) in [6, 6.07) is 6.72. The number of rotatable bonds is 18. The van der Waals surface area contributed by atoms with Crippen LogP contribution >= 0.6 is 0 Å². The Morgan fingerprint density at radius 1 is 0.564 bits per heavy atom. The fourth-order valence-electron chi connectivity index (χ4n) is 19.0. The SMILES string of the molecule is COc1ccc(/C=C\C(=O)O[C@H]2[C@@H](O)[C@H](O[C@@H]3O[C@@H](C)[C@H](O)[C@@H](O)[C@H]3O[C@@H]3O[C@H](CO)[C@@H](O)[C@H](O)[C@H]3O)[C@@H](OC(=O)[C@]34CCC(C)(C)CC3C3=CCC5[C@@]6(C)CC[C@H](O[C@H]7O[C@H](C(=O)O)[C@@H](O)[C@H](O)[C@H]7O[C@@H]7O[C@H](CO)[C@H](O)[C@H](O)[C@H]7O)[C@@](C)(C=O)C6CC[C@@]5(C)[C@]3(C)C[C@H]4O)O[C@H]2C)cc1. The van der Waals surface area contributed by atoms with Crippen molar-refractivity contribution in [2.45, 2.75) is 279 Å². The molecule has 4 saturated carbocycles. The van der Waals surface area contributed by atoms with Gasteiger partial charge in [-0.1, -0.05) is 65.3 Å². The molecule has 31 heteroatoms. The average molecular weight is 1440 g/mol. The second kappa shape index (κ2) is 29.4. The highest BCUT2D eigenvalue weighted by molar-refractivity contribution is 5.87. The van der Waals surface area contributed by atoms with Crippen LogP contribution in [0.5, 0.6) is 5.75 Å². The molecule has 15 N–H and O–H groups in total. The van der Waals surface area contributed by atoms with Gasteiger partial charge in [0.05, 0.1) is 50.2 Å². The summed E-state index contributed by atoms with van der Waals surface area (Å²) in [5, 5.41) is 166. The van der Waals surface area contributed by atoms with Crippen LogP contribution in [0.1, 0.15) is 119 Å². The Balaban J connectivity index is 0.884. The molecule has 0 aromatic heterocycles. The molecule has 10 aliphatic rings. The third kappa shape index (κ3) is 13.6. The lowest BCUT2D eigenvalue weighted by molar-refractivity contribution is -0.388. The van der Waals surface area contributed by atoms with Crippen molar-refractivity contribution in [3.05, 3.63) is 47.6 Å². The summed E-state index contributed by atoms with van der Waals surface area (Å²) < 4.78 is 72.2. The zero-order valence-electron chi connectivity index (χ0n) is 58.0. The van der Waals surface area contributed by atoms with Gasteiger partial charge < -0.3 is 138 Å². The van der Waals surface area contributed by atoms with E-state index in [1.807, 2.05) is 0 Å². The van der Waals surface area contributed by atoms with E-state index in [2.05, 4.69) is 40.7 Å². The van der Waals surface area contributed by atoms with Crippen LogP contribution in [-0.4, -0.2) is 287 Å². The summed E-state index contributed by atoms with van der Waals surface area (Å²) in [6.45, 7) is 13.5. The number of aliphatic hydroxyl groups is 14. The maximum absolute atomic E-state index is 16.0. The van der Waals surface area contributed by atoms with Crippen LogP contribution < -0.4 is 4.74 Å². The Hall–Kier alpha value is -4.34. The lowest BCUT2D eigenvalue weighted by Gasteiger charge is -2.71. The van der Waals surface area contributed by atoms with E-state index in [1.165, 1.54) is 27.0 Å². The van der Waals surface area contributed by atoms with Gasteiger partial charge in [-0.25, -0.2) is 9.59 Å². The second-order valence-corrected chi connectivity index (χ2v) is 31.4. The van der Waals surface area contributed by atoms with E-state index < -0.39 is 241 Å². The number of aldehydes is 1. The van der Waals surface area contributed by atoms with Gasteiger partial charge in [-0.2, -0.15) is 0 Å². The molecule has 35 atom stereocenters. The van der Waals surface area contributed by atoms with Crippen LogP contribution in [0.3, 0.4) is 0 Å². The highest BCUT2D eigenvalue weighted by Gasteiger charge is 2.73. The number of hydrogen-bond acceptors (Lipinski definition) is 30. The van der Waals surface area contributed by atoms with Crippen molar-refractivity contribution in [3.8, 4) is 5.75 Å². The number of ether oxygens (including phenoxy) is 12. The summed E-state index contributed by atoms with van der Waals surface area (Å²) >= 11 is 0. The van der Waals surface area contributed by atoms with Crippen LogP contribution in [0.4, 0.5) is 0 Å². The summed E-state index contributed by atoms with van der Waals surface area (Å²) in [7, 11) is 1.50. The molecule has 0 bridgehead atoms. The zero-order chi connectivity index (χ0) is 73.7. The number of aliphatic hydroxyl groups excluding tert-OH is 14. The van der Waals surface area contributed by atoms with Gasteiger partial charge in [0.2, 0.25) is 6.29 Å². The van der Waals surface area contributed by atoms with E-state index in [1.54, 1.807) is 31.2 Å². The van der Waals surface area contributed by atoms with Gasteiger partial charge in [-0.3, -0.25) is 4.79 Å². The Bertz CT molecular complexity index is 3170. The third-order valence-electron chi connectivity index (χ3n) is 25.2. The summed E-state index contributed by atoms with van der Waals surface area (Å²) in [6.07, 6.45) is -39.6. The van der Waals surface area contributed by atoms with Crippen LogP contribution in [0.15, 0.2) is 42.0 Å². The standard InChI is InChI=1S/C70H102O31/c1-29-42(76)47(81)55(98-59-50(84)45(79)43(77)35(26-71)93-59)61(91-29)100-57-52(86)53(96-41(75)17-12-31-10-13-32(90-9)14-11-31)30(2)92-62(57)101-64(89)70-23-22-65(3,4)24-34(70)33-15-16-38-66(5)20-19-40(67(6,28-73)37(66)18-21-68(38,7)69(33,8)25-39(70)74)95-63-56(49(83)48(82)54(97-63)58(87)88)99-60-51(85)46(80)44(78)36(27-72)94-60/h10-15,17,28-30,34-40,42-57,59-63,71-72,74,76-86H,16,18-27H2,1-9H3,(H,87,88)/b17-12-/t29-,30-,34?,35+,36+,37?,38?,39+,40-,42-,43+,44-,45-,46-,47+,48-,49-,50+,51+,52+,53+,54-,55+,56+,57-,59-,60-,61-,62+,63-,66-,67-,68+,69+,70+/m0/s1. The molecule has 31 nitrogen and oxygen atoms in total. The number of allylic oxidation sites excluding steroid dienone is 2. The summed E-state index contributed by atoms with van der Waals surface area (Å²) in [4.78, 5) is 56.3. The van der Waals surface area contributed by atoms with Crippen molar-refractivity contribution in [1.82, 2.24) is 0 Å². The maximum Gasteiger partial charge on any atom is 0.335 e. The number of carbonyl (C=O) groups is 4. The van der Waals surface area contributed by atoms with Crippen molar-refractivity contribution in [1.29, 1.82) is 0 Å². The van der Waals surface area contributed by atoms with E-state index in [4.69, 9.17) is 56.8 Å². The Labute approximate surface area is 583 Å². The Kier molecular flexibility index (Phi) is 22.7. The van der Waals surface area contributed by atoms with E-state index in [9.17, 15) is 91.0 Å². The average Bonchev–Trinajstić information content (AvgIpc) is 0.671. The molecule has 101 heavy (non-hydrogen) atoms. The van der Waals surface area contributed by atoms with Gasteiger partial charge >= 0.3 is 17.9 Å². The molecule has 5 aliphatic heterocycles. The van der Waals surface area contributed by atoms with Crippen LogP contribution in [-0.2, 0) is 71.3 Å². The third-order valence-corrected chi connectivity index (χ3v) is 25.2. The fourth-order valence-corrected chi connectivity index (χ4v) is 19.0. The van der Waals surface area contributed by atoms with E-state index in [0.717, 1.165) is 17.9 Å². The number of carboxylic acids is 1. The first kappa shape index (κ1) is 77.8. The van der Waals surface area contributed by atoms with Gasteiger partial charge in [0.25, 0.3) is 0 Å². The van der Waals surface area contributed by atoms with E-state index in [-0.39, 0.29) is 25.2 Å². The largest absolute Gasteiger partial charge is 0.497 e. The maximum atomic E-state index is 16.0. The number of methoxy groups -OCH3 is 1. The first-order chi connectivity index (χ1) is 47.5. The molecule has 568 valence electrons. The Morgan fingerprint density at radius 2 is 1.13 bits per heavy atom. The summed E-state index contributed by atoms with van der Waals surface area (Å²) in [5.41, 5.74) is -4.09. The molecule has 1 aromatic carbocycles. The molecule has 5 aliphatic carbocycles. The van der Waals surface area contributed by atoms with Crippen molar-refractivity contribution in [2.24, 2.45) is 50.2 Å². The fraction of sp³-hybridized carbons (Fsp3) is 0.800. The monoisotopic (exact) mass is 1440 g/mol. The minimum atomic E-state index is -2.12. The van der Waals surface area contributed by atoms with E-state index >= 15 is 4.79 Å². The number of fused-ring (bicyclic) bond motifs is 7. The van der Waals surface area contributed by atoms with Gasteiger partial charge in [-0.15, -0.1) is 0 Å². The van der Waals surface area contributed by atoms with Crippen molar-refractivity contribution >= 4 is 30.3 Å². The molecular formula is C70H102O31. The smallest absolute Gasteiger partial charge is 0.335 e. The number of esters is 2. The second-order valence-electron chi connectivity index (χ2n) is 31.4. The van der Waals surface area contributed by atoms with Crippen LogP contribution in [0.25, 0.3) is 6.08 Å². The number of hydrogen-bond donors (Lipinski definition) is 15. The molecule has 1 aromatic rings. The van der Waals surface area contributed by atoms with Crippen molar-refractivity contribution in [3.63, 3.8) is 0 Å². The van der Waals surface area contributed by atoms with Crippen molar-refractivity contribution in [2.75, 3.05) is 20.3 Å². The van der Waals surface area contributed by atoms with Gasteiger partial charge in [0, 0.05) is 6.08 Å². The van der Waals surface area contributed by atoms with Gasteiger partial charge in [-0.05, 0) is 135 Å². The molecule has 5 heterocycles. The first-order valence-electron chi connectivity index (χ1n) is 34.9. The number of benzene rings is 1. The lowest BCUT2D eigenvalue weighted by Crippen LogP contribution is -2.69. The predicted molar refractivity (Wildman–Crippen MR) is 341 cm³/mol. The number of aliphatic carboxylic acids is 1. The highest BCUT2D eigenvalue weighted by atomic mass is 16.8. The Morgan fingerprint density at radius 3 is 1.70 bits per heavy atom. The summed E-state index contributed by atoms with van der Waals surface area (Å²) in [5.74, 6) is -4.29. The molecule has 5 saturated heterocycles. The highest BCUT2D eigenvalue weighted by Crippen LogP contribution is 2.76. The van der Waals surface area contributed by atoms with Crippen LogP contribution in [0, 0.1) is 50.2 Å². The first-order valence-corrected chi connectivity index (χ1v) is 34.9. The zero-order valence-corrected chi connectivity index (χ0v) is 58.0. The quantitative estimate of drug-likeness (QED) is 0.0258. The topological polar surface area (TPSA) is 482 Å². The molecule has 9 fully saturated rings. The number of carboxylic acid groups (broad SMARTS) is 1. The van der Waals surface area contributed by atoms with Gasteiger partial charge in [0.1, 0.15) is 109 Å². The normalized spacial score (nSPS) is 49.7. The van der Waals surface area contributed by atoms with Crippen molar-refractivity contribution < 1.29 is 153 Å². The predicted octanol–water partition coefficient (Wildman–Crippen LogP) is -1.64. The van der Waals surface area contributed by atoms with E-state index in [0.29, 0.717) is 49.8 Å². The molecule has 3 unspecified atom stereocenters. The molecule has 11 rings (SSSR count). The number of carbonyl (C=O) groups excluding carboxylic acids is 3. The molecular weight excluding hydrogens is 1340 g/mol. The van der Waals surface area contributed by atoms with Gasteiger partial charge in [0.15, 0.2) is 43.5 Å². The molecule has 0 spiro atoms.